The van der Waals surface area contributed by atoms with Crippen LogP contribution in [0.1, 0.15) is 6.42 Å². The molecule has 1 heterocycles. The highest BCUT2D eigenvalue weighted by atomic mass is 17.1. The van der Waals surface area contributed by atoms with Crippen LogP contribution in [0.2, 0.25) is 0 Å². The largest absolute Gasteiger partial charge is 0.395 e. The van der Waals surface area contributed by atoms with Crippen LogP contribution in [0.3, 0.4) is 0 Å². The highest BCUT2D eigenvalue weighted by molar-refractivity contribution is 4.71. The molecular weight excluding hydrogens is 214 g/mol. The fraction of sp³-hybridized carbons (Fsp3) is 1.00. The number of hydrogen-bond donors (Lipinski definition) is 3. The third-order valence-corrected chi connectivity index (χ3v) is 2.71. The number of aliphatic hydroxyl groups excluding tert-OH is 1. The smallest absolute Gasteiger partial charge is 0.0748 e. The van der Waals surface area contributed by atoms with E-state index in [1.807, 2.05) is 0 Å². The maximum atomic E-state index is 8.79. The van der Waals surface area contributed by atoms with Crippen molar-refractivity contribution >= 4 is 0 Å². The van der Waals surface area contributed by atoms with Gasteiger partial charge in [-0.1, -0.05) is 0 Å². The Bertz CT molecular complexity index is 174. The Morgan fingerprint density at radius 2 is 1.56 bits per heavy atom. The maximum absolute atomic E-state index is 8.79. The molecule has 7 nitrogen and oxygen atoms in total. The maximum Gasteiger partial charge on any atom is 0.0748 e. The van der Waals surface area contributed by atoms with Crippen molar-refractivity contribution in [2.45, 2.75) is 6.42 Å². The molecule has 0 atom stereocenters. The lowest BCUT2D eigenvalue weighted by molar-refractivity contribution is -0.492. The van der Waals surface area contributed by atoms with Gasteiger partial charge >= 0.3 is 0 Å². The third kappa shape index (κ3) is 5.71. The van der Waals surface area contributed by atoms with Crippen molar-refractivity contribution in [2.24, 2.45) is 0 Å². The number of aliphatic hydroxyl groups is 1. The summed E-state index contributed by atoms with van der Waals surface area (Å²) in [7, 11) is 0. The van der Waals surface area contributed by atoms with E-state index in [1.165, 1.54) is 0 Å². The number of β-amino-alcohol motifs (C(OH)–C–C–N with tert-alkyl or cyclic N) is 1. The Labute approximate surface area is 95.3 Å². The van der Waals surface area contributed by atoms with Crippen LogP contribution in [0.15, 0.2) is 0 Å². The van der Waals surface area contributed by atoms with Crippen molar-refractivity contribution in [2.75, 3.05) is 52.5 Å². The van der Waals surface area contributed by atoms with Crippen LogP contribution in [0.4, 0.5) is 0 Å². The normalized spacial score (nSPS) is 19.5. The van der Waals surface area contributed by atoms with Crippen LogP contribution in [0.25, 0.3) is 0 Å². The fourth-order valence-corrected chi connectivity index (χ4v) is 1.81. The summed E-state index contributed by atoms with van der Waals surface area (Å²) in [6, 6.07) is 0. The SMILES string of the molecule is OCCN1CCN(CCCON(O)O)CC1. The van der Waals surface area contributed by atoms with E-state index in [-0.39, 0.29) is 12.0 Å². The highest BCUT2D eigenvalue weighted by Crippen LogP contribution is 2.02. The summed E-state index contributed by atoms with van der Waals surface area (Å²) in [5.41, 5.74) is 0. The van der Waals surface area contributed by atoms with Gasteiger partial charge in [0.05, 0.1) is 18.6 Å². The van der Waals surface area contributed by atoms with Gasteiger partial charge in [0.25, 0.3) is 0 Å². The molecule has 0 aliphatic carbocycles. The highest BCUT2D eigenvalue weighted by Gasteiger charge is 2.15. The summed E-state index contributed by atoms with van der Waals surface area (Å²) in [5, 5.41) is 25.1. The van der Waals surface area contributed by atoms with Crippen LogP contribution in [-0.2, 0) is 4.84 Å². The second-order valence-corrected chi connectivity index (χ2v) is 3.85. The van der Waals surface area contributed by atoms with E-state index in [2.05, 4.69) is 14.6 Å². The molecule has 1 fully saturated rings. The van der Waals surface area contributed by atoms with Crippen molar-refractivity contribution < 1.29 is 20.4 Å². The zero-order valence-corrected chi connectivity index (χ0v) is 9.46. The monoisotopic (exact) mass is 235 g/mol. The van der Waals surface area contributed by atoms with Crippen molar-refractivity contribution in [3.05, 3.63) is 0 Å². The van der Waals surface area contributed by atoms with E-state index in [0.29, 0.717) is 6.61 Å². The Morgan fingerprint density at radius 3 is 2.06 bits per heavy atom. The van der Waals surface area contributed by atoms with E-state index in [0.717, 1.165) is 45.7 Å². The lowest BCUT2D eigenvalue weighted by Crippen LogP contribution is -2.47. The van der Waals surface area contributed by atoms with Gasteiger partial charge in [0.2, 0.25) is 0 Å². The van der Waals surface area contributed by atoms with Gasteiger partial charge in [-0.25, -0.2) is 0 Å². The summed E-state index contributed by atoms with van der Waals surface area (Å²) in [5.74, 6) is 0. The topological polar surface area (TPSA) is 79.6 Å². The minimum Gasteiger partial charge on any atom is -0.395 e. The molecule has 1 aliphatic rings. The van der Waals surface area contributed by atoms with Crippen LogP contribution >= 0.6 is 0 Å². The summed E-state index contributed by atoms with van der Waals surface area (Å²) < 4.78 is 0. The molecule has 0 amide bonds. The molecule has 0 radical (unpaired) electrons. The second kappa shape index (κ2) is 7.91. The molecule has 16 heavy (non-hydrogen) atoms. The first-order chi connectivity index (χ1) is 7.72. The van der Waals surface area contributed by atoms with E-state index in [4.69, 9.17) is 15.5 Å². The summed E-state index contributed by atoms with van der Waals surface area (Å²) in [4.78, 5) is 9.00. The number of hydrogen-bond acceptors (Lipinski definition) is 7. The lowest BCUT2D eigenvalue weighted by Gasteiger charge is -2.34. The van der Waals surface area contributed by atoms with E-state index in [1.54, 1.807) is 0 Å². The molecule has 1 rings (SSSR count). The van der Waals surface area contributed by atoms with Gasteiger partial charge in [0, 0.05) is 39.3 Å². The van der Waals surface area contributed by atoms with Gasteiger partial charge in [0.15, 0.2) is 0 Å². The minimum absolute atomic E-state index is 0.219. The van der Waals surface area contributed by atoms with Crippen molar-refractivity contribution in [3.63, 3.8) is 0 Å². The standard InChI is InChI=1S/C9H21N3O4/c13-8-7-11-5-3-10(4-6-11)2-1-9-16-12(14)15/h13-15H,1-9H2. The average Bonchev–Trinajstić information content (AvgIpc) is 2.27. The molecular formula is C9H21N3O4. The van der Waals surface area contributed by atoms with Crippen molar-refractivity contribution in [1.29, 1.82) is 0 Å². The fourth-order valence-electron chi connectivity index (χ4n) is 1.81. The average molecular weight is 235 g/mol. The molecule has 0 bridgehead atoms. The first-order valence-corrected chi connectivity index (χ1v) is 5.58. The molecule has 96 valence electrons. The van der Waals surface area contributed by atoms with E-state index < -0.39 is 0 Å². The Hall–Kier alpha value is -0.280. The summed E-state index contributed by atoms with van der Waals surface area (Å²) in [6.07, 6.45) is 0.762. The van der Waals surface area contributed by atoms with Gasteiger partial charge in [-0.05, 0) is 6.42 Å². The quantitative estimate of drug-likeness (QED) is 0.386. The minimum atomic E-state index is -0.251. The van der Waals surface area contributed by atoms with Gasteiger partial charge in [-0.15, -0.1) is 0 Å². The first kappa shape index (κ1) is 13.8. The van der Waals surface area contributed by atoms with E-state index in [9.17, 15) is 0 Å². The molecule has 7 heteroatoms. The zero-order valence-electron chi connectivity index (χ0n) is 9.46. The zero-order chi connectivity index (χ0) is 11.8. The van der Waals surface area contributed by atoms with Crippen LogP contribution in [0, 0.1) is 0 Å². The number of piperazine rings is 1. The number of nitrogens with zero attached hydrogens (tertiary/aromatic N) is 3. The van der Waals surface area contributed by atoms with Gasteiger partial charge < -0.3 is 10.0 Å². The third-order valence-electron chi connectivity index (χ3n) is 2.71. The molecule has 3 N–H and O–H groups in total. The predicted octanol–water partition coefficient (Wildman–Crippen LogP) is -1.00. The Kier molecular flexibility index (Phi) is 6.81. The summed E-state index contributed by atoms with van der Waals surface area (Å²) in [6.45, 7) is 6.09. The second-order valence-electron chi connectivity index (χ2n) is 3.85. The number of rotatable bonds is 7. The lowest BCUT2D eigenvalue weighted by atomic mass is 10.3. The van der Waals surface area contributed by atoms with Gasteiger partial charge in [-0.2, -0.15) is 0 Å². The van der Waals surface area contributed by atoms with Crippen LogP contribution < -0.4 is 0 Å². The van der Waals surface area contributed by atoms with Crippen molar-refractivity contribution in [1.82, 2.24) is 15.2 Å². The van der Waals surface area contributed by atoms with Crippen LogP contribution in [0.5, 0.6) is 0 Å². The van der Waals surface area contributed by atoms with E-state index >= 15 is 0 Å². The Morgan fingerprint density at radius 1 is 1.00 bits per heavy atom. The van der Waals surface area contributed by atoms with Gasteiger partial charge in [-0.3, -0.25) is 20.2 Å². The van der Waals surface area contributed by atoms with Gasteiger partial charge in [0.1, 0.15) is 0 Å². The first-order valence-electron chi connectivity index (χ1n) is 5.58. The molecule has 0 spiro atoms. The molecule has 1 saturated heterocycles. The Balaban J connectivity index is 1.99. The summed E-state index contributed by atoms with van der Waals surface area (Å²) >= 11 is 0. The molecule has 0 aromatic rings. The van der Waals surface area contributed by atoms with Crippen LogP contribution in [-0.4, -0.2) is 83.2 Å². The molecule has 0 unspecified atom stereocenters. The van der Waals surface area contributed by atoms with Crippen molar-refractivity contribution in [3.8, 4) is 0 Å². The molecule has 1 aliphatic heterocycles. The molecule has 0 aromatic carbocycles. The predicted molar refractivity (Wildman–Crippen MR) is 55.9 cm³/mol. The molecule has 0 saturated carbocycles. The molecule has 0 aromatic heterocycles.